The molecule has 4 N–H and O–H groups in total. The van der Waals surface area contributed by atoms with Gasteiger partial charge in [0.05, 0.1) is 29.6 Å². The molecule has 374 valence electrons. The minimum absolute atomic E-state index is 0.0604. The summed E-state index contributed by atoms with van der Waals surface area (Å²) in [4.78, 5) is 85.1. The largest absolute Gasteiger partial charge is 0.509 e. The summed E-state index contributed by atoms with van der Waals surface area (Å²) in [6.45, 7) is 11.7. The molecule has 2 bridgehead atoms. The summed E-state index contributed by atoms with van der Waals surface area (Å²) in [7, 11) is 0. The summed E-state index contributed by atoms with van der Waals surface area (Å²) in [5.41, 5.74) is -8.57. The Bertz CT molecular complexity index is 2340. The second-order valence-corrected chi connectivity index (χ2v) is 20.6. The molecule has 1 aliphatic heterocycles. The molecule has 1 saturated heterocycles. The monoisotopic (exact) mass is 959 g/mol. The van der Waals surface area contributed by atoms with Crippen LogP contribution in [0.2, 0.25) is 0 Å². The number of benzene rings is 2. The number of carbonyl (C=O) groups excluding carboxylic acids is 6. The van der Waals surface area contributed by atoms with E-state index in [4.69, 9.17) is 33.2 Å². The quantitative estimate of drug-likeness (QED) is 0.116. The van der Waals surface area contributed by atoms with Crippen molar-refractivity contribution in [3.8, 4) is 0 Å². The Kier molecular flexibility index (Phi) is 14.6. The maximum Gasteiger partial charge on any atom is 0.509 e. The zero-order valence-corrected chi connectivity index (χ0v) is 40.4. The van der Waals surface area contributed by atoms with Crippen LogP contribution in [0.15, 0.2) is 84.0 Å². The fourth-order valence-electron chi connectivity index (χ4n) is 11.1. The van der Waals surface area contributed by atoms with Crippen LogP contribution in [0.1, 0.15) is 122 Å². The number of ketones is 1. The Hall–Kier alpha value is -5.62. The summed E-state index contributed by atoms with van der Waals surface area (Å²) < 4.78 is 41.9. The van der Waals surface area contributed by atoms with Crippen molar-refractivity contribution in [1.29, 1.82) is 0 Å². The number of ether oxygens (including phenoxy) is 7. The van der Waals surface area contributed by atoms with Crippen LogP contribution in [0.5, 0.6) is 0 Å². The Morgan fingerprint density at radius 3 is 2.19 bits per heavy atom. The normalized spacial score (nSPS) is 33.0. The van der Waals surface area contributed by atoms with Crippen LogP contribution in [0, 0.1) is 16.7 Å². The third-order valence-electron chi connectivity index (χ3n) is 14.7. The lowest BCUT2D eigenvalue weighted by atomic mass is 9.44. The summed E-state index contributed by atoms with van der Waals surface area (Å²) in [6.07, 6.45) is -6.20. The van der Waals surface area contributed by atoms with Gasteiger partial charge >= 0.3 is 30.2 Å². The van der Waals surface area contributed by atoms with Gasteiger partial charge in [0.25, 0.3) is 0 Å². The van der Waals surface area contributed by atoms with E-state index in [0.717, 1.165) is 32.6 Å². The molecule has 2 aromatic rings. The van der Waals surface area contributed by atoms with Crippen LogP contribution in [0.3, 0.4) is 0 Å². The zero-order valence-electron chi connectivity index (χ0n) is 40.4. The molecule has 69 heavy (non-hydrogen) atoms. The zero-order chi connectivity index (χ0) is 50.3. The number of Topliss-reactive ketones (excluding diaryl/α,β-unsaturated/α-hetero) is 1. The van der Waals surface area contributed by atoms with Crippen LogP contribution in [-0.4, -0.2) is 117 Å². The van der Waals surface area contributed by atoms with Crippen LogP contribution in [-0.2, 0) is 47.5 Å². The van der Waals surface area contributed by atoms with Crippen LogP contribution < -0.4 is 5.32 Å². The molecule has 17 nitrogen and oxygen atoms in total. The first-order chi connectivity index (χ1) is 32.4. The number of alkyl carbamates (subject to hydrolysis) is 1. The van der Waals surface area contributed by atoms with Gasteiger partial charge in [0.2, 0.25) is 6.10 Å². The number of aliphatic hydroxyl groups is 3. The second-order valence-electron chi connectivity index (χ2n) is 20.6. The Morgan fingerprint density at radius 2 is 1.57 bits per heavy atom. The first-order valence-electron chi connectivity index (χ1n) is 23.6. The Balaban J connectivity index is 1.36. The molecule has 5 aliphatic rings. The third-order valence-corrected chi connectivity index (χ3v) is 14.7. The molecule has 17 heteroatoms. The molecule has 2 aromatic carbocycles. The number of fused-ring (bicyclic) bond motifs is 5. The SMILES string of the molecule is CC(=O)O[C@@]12CO[C@@H]1C[C@H](O)[C@@]1(C)C(=O)[C@H](O)C3=C(C)[C@@H](OC(=O)[C@H](OC(=O)OC4/C=C/CCCCC4)[C@@H](NC(=O)OC(C)(C)C)c4ccccc4)C[C@@](O)([C@@H](OC(=O)c4ccccc4)C12)C3(C)C. The number of aliphatic hydroxyl groups excluding tert-OH is 2. The highest BCUT2D eigenvalue weighted by atomic mass is 16.7. The van der Waals surface area contributed by atoms with Crippen molar-refractivity contribution in [2.45, 2.75) is 166 Å². The van der Waals surface area contributed by atoms with Gasteiger partial charge in [0.1, 0.15) is 47.8 Å². The number of allylic oxidation sites excluding steroid dienone is 1. The smallest absolute Gasteiger partial charge is 0.455 e. The van der Waals surface area contributed by atoms with Gasteiger partial charge in [-0.05, 0) is 95.2 Å². The molecular weight excluding hydrogens is 895 g/mol. The fraction of sp³-hybridized carbons (Fsp3) is 0.577. The first kappa shape index (κ1) is 51.2. The Labute approximate surface area is 401 Å². The Morgan fingerprint density at radius 1 is 0.899 bits per heavy atom. The van der Waals surface area contributed by atoms with E-state index in [9.17, 15) is 34.5 Å². The lowest BCUT2D eigenvalue weighted by molar-refractivity contribution is -0.346. The summed E-state index contributed by atoms with van der Waals surface area (Å²) in [5.74, 6) is -5.48. The van der Waals surface area contributed by atoms with Crippen molar-refractivity contribution in [1.82, 2.24) is 5.32 Å². The van der Waals surface area contributed by atoms with Crippen molar-refractivity contribution in [3.05, 3.63) is 95.1 Å². The highest BCUT2D eigenvalue weighted by Gasteiger charge is 2.78. The highest BCUT2D eigenvalue weighted by molar-refractivity contribution is 5.94. The van der Waals surface area contributed by atoms with Crippen molar-refractivity contribution in [2.24, 2.45) is 16.7 Å². The second kappa shape index (κ2) is 19.6. The highest BCUT2D eigenvalue weighted by Crippen LogP contribution is 2.64. The van der Waals surface area contributed by atoms with Gasteiger partial charge in [0.15, 0.2) is 11.4 Å². The predicted octanol–water partition coefficient (Wildman–Crippen LogP) is 6.31. The number of esters is 3. The minimum atomic E-state index is -2.43. The molecule has 4 aliphatic carbocycles. The summed E-state index contributed by atoms with van der Waals surface area (Å²) >= 11 is 0. The minimum Gasteiger partial charge on any atom is -0.455 e. The number of hydrogen-bond donors (Lipinski definition) is 4. The van der Waals surface area contributed by atoms with Crippen molar-refractivity contribution in [2.75, 3.05) is 6.61 Å². The van der Waals surface area contributed by atoms with E-state index in [1.807, 2.05) is 6.08 Å². The first-order valence-corrected chi connectivity index (χ1v) is 23.6. The summed E-state index contributed by atoms with van der Waals surface area (Å²) in [5, 5.41) is 40.9. The maximum atomic E-state index is 15.2. The molecule has 1 amide bonds. The standard InChI is InChI=1S/C52H65NO16/c1-29-34(65-45(59)40(66-47(61)64-33-24-18-10-9-11-19-25-33)38(31-20-14-12-15-21-31)53-46(60)69-48(3,4)5)27-52(62)43(67-44(58)32-22-16-13-17-23-32)41-50(8,42(57)39(56)37(29)49(52,6)7)35(55)26-36-51(41,28-63-36)68-30(2)54/h12-18,20-24,33-36,38-41,43,55-56,62H,9-11,19,25-28H2,1-8H3,(H,53,60)/b24-18+/t33?,34-,35-,36+,38-,39+,40+,41?,43-,50+,51-,52+/m0/s1. The van der Waals surface area contributed by atoms with E-state index in [2.05, 4.69) is 5.32 Å². The van der Waals surface area contributed by atoms with E-state index in [0.29, 0.717) is 12.0 Å². The van der Waals surface area contributed by atoms with Gasteiger partial charge < -0.3 is 53.8 Å². The molecule has 3 fully saturated rings. The maximum absolute atomic E-state index is 15.2. The van der Waals surface area contributed by atoms with Gasteiger partial charge in [-0.25, -0.2) is 19.2 Å². The van der Waals surface area contributed by atoms with Crippen molar-refractivity contribution >= 4 is 35.9 Å². The molecule has 2 saturated carbocycles. The van der Waals surface area contributed by atoms with Gasteiger partial charge in [0, 0.05) is 25.2 Å². The van der Waals surface area contributed by atoms with E-state index < -0.39 is 125 Å². The van der Waals surface area contributed by atoms with Crippen LogP contribution in [0.4, 0.5) is 9.59 Å². The summed E-state index contributed by atoms with van der Waals surface area (Å²) in [6, 6.07) is 14.5. The molecular formula is C52H65NO16. The topological polar surface area (TPSA) is 240 Å². The van der Waals surface area contributed by atoms with Gasteiger partial charge in [-0.3, -0.25) is 9.59 Å². The predicted molar refractivity (Wildman–Crippen MR) is 245 cm³/mol. The van der Waals surface area contributed by atoms with E-state index in [1.54, 1.807) is 89.2 Å². The lowest BCUT2D eigenvalue weighted by Gasteiger charge is -2.67. The van der Waals surface area contributed by atoms with E-state index in [-0.39, 0.29) is 29.7 Å². The van der Waals surface area contributed by atoms with E-state index in [1.165, 1.54) is 26.0 Å². The number of carbonyl (C=O) groups is 6. The van der Waals surface area contributed by atoms with Gasteiger partial charge in [-0.2, -0.15) is 0 Å². The number of amides is 1. The molecule has 2 unspecified atom stereocenters. The molecule has 0 aromatic heterocycles. The number of rotatable bonds is 10. The molecule has 0 spiro atoms. The molecule has 1 heterocycles. The average molecular weight is 960 g/mol. The third kappa shape index (κ3) is 9.79. The van der Waals surface area contributed by atoms with Gasteiger partial charge in [-0.15, -0.1) is 0 Å². The van der Waals surface area contributed by atoms with Crippen LogP contribution >= 0.6 is 0 Å². The number of hydrogen-bond acceptors (Lipinski definition) is 16. The van der Waals surface area contributed by atoms with Crippen LogP contribution in [0.25, 0.3) is 0 Å². The number of nitrogens with one attached hydrogen (secondary N) is 1. The van der Waals surface area contributed by atoms with Crippen molar-refractivity contribution in [3.63, 3.8) is 0 Å². The molecule has 7 rings (SSSR count). The molecule has 12 atom stereocenters. The van der Waals surface area contributed by atoms with Crippen molar-refractivity contribution < 1.29 is 77.2 Å². The molecule has 0 radical (unpaired) electrons. The fourth-order valence-corrected chi connectivity index (χ4v) is 11.1. The van der Waals surface area contributed by atoms with Gasteiger partial charge in [-0.1, -0.05) is 74.9 Å². The van der Waals surface area contributed by atoms with E-state index >= 15 is 9.59 Å². The average Bonchev–Trinajstić information content (AvgIpc) is 3.26. The lowest BCUT2D eigenvalue weighted by Crippen LogP contribution is -2.81.